The molecule has 0 atom stereocenters. The van der Waals surface area contributed by atoms with Crippen LogP contribution in [0.4, 0.5) is 21.5 Å². The fraction of sp³-hybridized carbons (Fsp3) is 0.267. The monoisotopic (exact) mass is 259 g/mol. The molecule has 2 rings (SSSR count). The van der Waals surface area contributed by atoms with Gasteiger partial charge >= 0.3 is 0 Å². The normalized spacial score (nSPS) is 10.3. The van der Waals surface area contributed by atoms with Gasteiger partial charge in [0.25, 0.3) is 0 Å². The highest BCUT2D eigenvalue weighted by Gasteiger charge is 2.06. The molecule has 0 amide bonds. The zero-order chi connectivity index (χ0) is 13.7. The van der Waals surface area contributed by atoms with Crippen LogP contribution in [-0.2, 0) is 0 Å². The molecule has 0 aliphatic rings. The molecule has 19 heavy (non-hydrogen) atoms. The minimum Gasteiger partial charge on any atom is -0.384 e. The van der Waals surface area contributed by atoms with Gasteiger partial charge in [-0.2, -0.15) is 0 Å². The number of rotatable bonds is 5. The number of pyridine rings is 1. The lowest BCUT2D eigenvalue weighted by Crippen LogP contribution is -2.10. The molecule has 1 aromatic heterocycles. The average molecular weight is 259 g/mol. The van der Waals surface area contributed by atoms with Crippen LogP contribution >= 0.6 is 0 Å². The zero-order valence-electron chi connectivity index (χ0n) is 11.2. The van der Waals surface area contributed by atoms with Crippen LogP contribution in [-0.4, -0.2) is 18.6 Å². The number of nitrogens with one attached hydrogen (secondary N) is 1. The second-order valence-corrected chi connectivity index (χ2v) is 4.40. The van der Waals surface area contributed by atoms with E-state index in [-0.39, 0.29) is 5.82 Å². The van der Waals surface area contributed by atoms with Crippen molar-refractivity contribution in [3.05, 3.63) is 48.5 Å². The topological polar surface area (TPSA) is 28.2 Å². The molecule has 0 saturated heterocycles. The first kappa shape index (κ1) is 13.3. The van der Waals surface area contributed by atoms with Crippen molar-refractivity contribution in [1.82, 2.24) is 4.98 Å². The Morgan fingerprint density at radius 1 is 1.21 bits per heavy atom. The highest BCUT2D eigenvalue weighted by Crippen LogP contribution is 2.25. The number of hydrogen-bond donors (Lipinski definition) is 1. The Morgan fingerprint density at radius 2 is 2.05 bits per heavy atom. The summed E-state index contributed by atoms with van der Waals surface area (Å²) >= 11 is 0. The van der Waals surface area contributed by atoms with E-state index in [0.29, 0.717) is 0 Å². The lowest BCUT2D eigenvalue weighted by atomic mass is 10.2. The smallest absolute Gasteiger partial charge is 0.125 e. The fourth-order valence-electron chi connectivity index (χ4n) is 1.81. The molecule has 0 aliphatic carbocycles. The third-order valence-corrected chi connectivity index (χ3v) is 2.89. The number of aromatic nitrogens is 1. The Bertz CT molecular complexity index is 542. The Kier molecular flexibility index (Phi) is 4.34. The van der Waals surface area contributed by atoms with Gasteiger partial charge in [-0.05, 0) is 30.7 Å². The maximum absolute atomic E-state index is 13.2. The lowest BCUT2D eigenvalue weighted by molar-refractivity contribution is 0.628. The summed E-state index contributed by atoms with van der Waals surface area (Å²) in [6.45, 7) is 3.03. The number of nitrogens with zero attached hydrogens (tertiary/aromatic N) is 2. The SMILES string of the molecule is CCCNc1cncc(N(C)c2cccc(F)c2)c1. The predicted molar refractivity (Wildman–Crippen MR) is 77.5 cm³/mol. The van der Waals surface area contributed by atoms with Crippen molar-refractivity contribution < 1.29 is 4.39 Å². The second-order valence-electron chi connectivity index (χ2n) is 4.40. The van der Waals surface area contributed by atoms with Crippen molar-refractivity contribution in [2.75, 3.05) is 23.8 Å². The molecule has 0 aliphatic heterocycles. The van der Waals surface area contributed by atoms with E-state index in [1.807, 2.05) is 24.1 Å². The van der Waals surface area contributed by atoms with Crippen LogP contribution in [0.3, 0.4) is 0 Å². The van der Waals surface area contributed by atoms with Gasteiger partial charge in [0.05, 0.1) is 23.8 Å². The van der Waals surface area contributed by atoms with Crippen molar-refractivity contribution in [2.45, 2.75) is 13.3 Å². The van der Waals surface area contributed by atoms with Gasteiger partial charge < -0.3 is 10.2 Å². The minimum atomic E-state index is -0.238. The average Bonchev–Trinajstić information content (AvgIpc) is 2.44. The van der Waals surface area contributed by atoms with Crippen LogP contribution in [0.2, 0.25) is 0 Å². The van der Waals surface area contributed by atoms with Crippen LogP contribution in [0.5, 0.6) is 0 Å². The van der Waals surface area contributed by atoms with Crippen molar-refractivity contribution >= 4 is 17.1 Å². The second kappa shape index (κ2) is 6.18. The molecule has 0 unspecified atom stereocenters. The maximum Gasteiger partial charge on any atom is 0.125 e. The maximum atomic E-state index is 13.2. The first-order valence-corrected chi connectivity index (χ1v) is 6.39. The van der Waals surface area contributed by atoms with Gasteiger partial charge in [0, 0.05) is 19.3 Å². The molecular formula is C15H18FN3. The minimum absolute atomic E-state index is 0.238. The van der Waals surface area contributed by atoms with E-state index in [2.05, 4.69) is 17.2 Å². The quantitative estimate of drug-likeness (QED) is 0.885. The Labute approximate surface area is 113 Å². The molecule has 0 spiro atoms. The standard InChI is InChI=1S/C15H18FN3/c1-3-7-18-13-9-15(11-17-10-13)19(2)14-6-4-5-12(16)8-14/h4-6,8-11,18H,3,7H2,1-2H3. The third kappa shape index (κ3) is 3.44. The Hall–Kier alpha value is -2.10. The van der Waals surface area contributed by atoms with Gasteiger partial charge in [0.15, 0.2) is 0 Å². The summed E-state index contributed by atoms with van der Waals surface area (Å²) in [6, 6.07) is 8.53. The summed E-state index contributed by atoms with van der Waals surface area (Å²) in [6.07, 6.45) is 4.62. The molecule has 1 N–H and O–H groups in total. The first-order chi connectivity index (χ1) is 9.20. The zero-order valence-corrected chi connectivity index (χ0v) is 11.2. The lowest BCUT2D eigenvalue weighted by Gasteiger charge is -2.20. The van der Waals surface area contributed by atoms with Gasteiger partial charge in [-0.1, -0.05) is 13.0 Å². The molecule has 1 heterocycles. The summed E-state index contributed by atoms with van der Waals surface area (Å²) in [5.41, 5.74) is 2.70. The Morgan fingerprint density at radius 3 is 2.79 bits per heavy atom. The van der Waals surface area contributed by atoms with Crippen molar-refractivity contribution in [2.24, 2.45) is 0 Å². The van der Waals surface area contributed by atoms with E-state index in [1.165, 1.54) is 12.1 Å². The van der Waals surface area contributed by atoms with Gasteiger partial charge in [-0.15, -0.1) is 0 Å². The third-order valence-electron chi connectivity index (χ3n) is 2.89. The van der Waals surface area contributed by atoms with Gasteiger partial charge in [0.1, 0.15) is 5.82 Å². The van der Waals surface area contributed by atoms with Crippen LogP contribution < -0.4 is 10.2 Å². The van der Waals surface area contributed by atoms with Crippen LogP contribution in [0.25, 0.3) is 0 Å². The summed E-state index contributed by atoms with van der Waals surface area (Å²) in [5, 5.41) is 3.29. The van der Waals surface area contributed by atoms with Gasteiger partial charge in [-0.3, -0.25) is 4.98 Å². The highest BCUT2D eigenvalue weighted by atomic mass is 19.1. The summed E-state index contributed by atoms with van der Waals surface area (Å²) in [4.78, 5) is 6.12. The van der Waals surface area contributed by atoms with Crippen molar-refractivity contribution in [3.8, 4) is 0 Å². The summed E-state index contributed by atoms with van der Waals surface area (Å²) in [7, 11) is 1.90. The van der Waals surface area contributed by atoms with Gasteiger partial charge in [-0.25, -0.2) is 4.39 Å². The van der Waals surface area contributed by atoms with Crippen molar-refractivity contribution in [1.29, 1.82) is 0 Å². The van der Waals surface area contributed by atoms with E-state index >= 15 is 0 Å². The molecule has 0 saturated carbocycles. The van der Waals surface area contributed by atoms with Crippen LogP contribution in [0, 0.1) is 5.82 Å². The van der Waals surface area contributed by atoms with Crippen LogP contribution in [0.1, 0.15) is 13.3 Å². The molecule has 0 bridgehead atoms. The molecule has 4 heteroatoms. The van der Waals surface area contributed by atoms with E-state index in [9.17, 15) is 4.39 Å². The predicted octanol–water partition coefficient (Wildman–Crippen LogP) is 3.81. The Balaban J connectivity index is 2.21. The number of anilines is 3. The fourth-order valence-corrected chi connectivity index (χ4v) is 1.81. The van der Waals surface area contributed by atoms with Gasteiger partial charge in [0.2, 0.25) is 0 Å². The first-order valence-electron chi connectivity index (χ1n) is 6.39. The van der Waals surface area contributed by atoms with E-state index < -0.39 is 0 Å². The van der Waals surface area contributed by atoms with Crippen molar-refractivity contribution in [3.63, 3.8) is 0 Å². The highest BCUT2D eigenvalue weighted by molar-refractivity contribution is 5.65. The molecular weight excluding hydrogens is 241 g/mol. The van der Waals surface area contributed by atoms with Crippen LogP contribution in [0.15, 0.2) is 42.7 Å². The largest absolute Gasteiger partial charge is 0.384 e. The molecule has 100 valence electrons. The number of halogens is 1. The molecule has 0 radical (unpaired) electrons. The molecule has 1 aromatic carbocycles. The summed E-state index contributed by atoms with van der Waals surface area (Å²) < 4.78 is 13.2. The molecule has 2 aromatic rings. The van der Waals surface area contributed by atoms with E-state index in [4.69, 9.17) is 0 Å². The molecule has 0 fully saturated rings. The summed E-state index contributed by atoms with van der Waals surface area (Å²) in [5.74, 6) is -0.238. The number of benzene rings is 1. The van der Waals surface area contributed by atoms with E-state index in [0.717, 1.165) is 30.0 Å². The molecule has 3 nitrogen and oxygen atoms in total. The number of hydrogen-bond acceptors (Lipinski definition) is 3. The van der Waals surface area contributed by atoms with E-state index in [1.54, 1.807) is 18.5 Å².